The molecule has 0 atom stereocenters. The molecule has 0 radical (unpaired) electrons. The second-order valence-electron chi connectivity index (χ2n) is 7.55. The number of rotatable bonds is 6. The lowest BCUT2D eigenvalue weighted by Crippen LogP contribution is -2.31. The third-order valence-corrected chi connectivity index (χ3v) is 5.35. The van der Waals surface area contributed by atoms with Gasteiger partial charge in [-0.15, -0.1) is 0 Å². The van der Waals surface area contributed by atoms with Gasteiger partial charge in [0.05, 0.1) is 0 Å². The summed E-state index contributed by atoms with van der Waals surface area (Å²) in [5.41, 5.74) is 9.74. The van der Waals surface area contributed by atoms with E-state index in [9.17, 15) is 44.7 Å². The van der Waals surface area contributed by atoms with Gasteiger partial charge in [-0.05, 0) is 36.7 Å². The Hall–Kier alpha value is -4.56. The van der Waals surface area contributed by atoms with E-state index in [-0.39, 0.29) is 25.7 Å². The van der Waals surface area contributed by atoms with Gasteiger partial charge in [0.25, 0.3) is 0 Å². The van der Waals surface area contributed by atoms with Crippen LogP contribution in [0.5, 0.6) is 0 Å². The summed E-state index contributed by atoms with van der Waals surface area (Å²) in [7, 11) is 0. The Morgan fingerprint density at radius 2 is 0.842 bits per heavy atom. The predicted molar refractivity (Wildman–Crippen MR) is 107 cm³/mol. The summed E-state index contributed by atoms with van der Waals surface area (Å²) in [5.74, 6) is -20.8. The van der Waals surface area contributed by atoms with Crippen LogP contribution < -0.4 is 0 Å². The van der Waals surface area contributed by atoms with Gasteiger partial charge in [-0.2, -0.15) is 0 Å². The zero-order valence-corrected chi connectivity index (χ0v) is 18.3. The number of carbonyl (C=O) groups excluding carboxylic acids is 2. The van der Waals surface area contributed by atoms with Crippen LogP contribution in [0.1, 0.15) is 46.4 Å². The van der Waals surface area contributed by atoms with Gasteiger partial charge in [-0.25, -0.2) is 44.7 Å². The Morgan fingerprint density at radius 1 is 0.579 bits per heavy atom. The zero-order valence-electron chi connectivity index (χ0n) is 18.3. The first-order valence-corrected chi connectivity index (χ1v) is 10.2. The van der Waals surface area contributed by atoms with Gasteiger partial charge in [-0.3, -0.25) is 0 Å². The Bertz CT molecular complexity index is 1270. The molecule has 0 amide bonds. The SMILES string of the molecule is [N-]=[N+]=Nc1c(F)c(F)c(C(=O)OC2CCC(OC(=O)c3c(F)c(F)c(N=[N+]=[N-])c(F)c3F)CC2)c(F)c1F. The van der Waals surface area contributed by atoms with Crippen LogP contribution in [0.3, 0.4) is 0 Å². The zero-order chi connectivity index (χ0) is 28.3. The van der Waals surface area contributed by atoms with Crippen LogP contribution in [0.4, 0.5) is 46.5 Å². The Morgan fingerprint density at radius 3 is 1.08 bits per heavy atom. The van der Waals surface area contributed by atoms with Crippen molar-refractivity contribution in [3.05, 3.63) is 78.6 Å². The van der Waals surface area contributed by atoms with Gasteiger partial charge < -0.3 is 9.47 Å². The molecule has 1 fully saturated rings. The molecule has 2 aromatic carbocycles. The van der Waals surface area contributed by atoms with Crippen LogP contribution in [-0.4, -0.2) is 24.1 Å². The average molecular weight is 550 g/mol. The molecule has 18 heteroatoms. The van der Waals surface area contributed by atoms with Crippen molar-refractivity contribution in [2.75, 3.05) is 0 Å². The van der Waals surface area contributed by atoms with E-state index in [1.165, 1.54) is 0 Å². The number of ether oxygens (including phenoxy) is 2. The number of halogens is 8. The summed E-state index contributed by atoms with van der Waals surface area (Å²) >= 11 is 0. The van der Waals surface area contributed by atoms with Crippen molar-refractivity contribution in [2.24, 2.45) is 10.2 Å². The second-order valence-corrected chi connectivity index (χ2v) is 7.55. The standard InChI is InChI=1S/C20H10F8N6O4/c21-9-7(10(22)14(26)17(13(9)25)31-33-29)19(35)37-5-1-2-6(4-3-5)38-20(36)8-11(23)15(27)18(32-34-30)16(28)12(8)24/h5-6H,1-4H2. The van der Waals surface area contributed by atoms with Gasteiger partial charge >= 0.3 is 11.9 Å². The predicted octanol–water partition coefficient (Wildman–Crippen LogP) is 7.01. The highest BCUT2D eigenvalue weighted by atomic mass is 19.2. The van der Waals surface area contributed by atoms with Crippen LogP contribution in [0.25, 0.3) is 20.9 Å². The minimum absolute atomic E-state index is 0.182. The maximum absolute atomic E-state index is 14.1. The second kappa shape index (κ2) is 11.2. The van der Waals surface area contributed by atoms with E-state index in [0.717, 1.165) is 0 Å². The third-order valence-electron chi connectivity index (χ3n) is 5.35. The smallest absolute Gasteiger partial charge is 0.344 e. The van der Waals surface area contributed by atoms with E-state index >= 15 is 0 Å². The number of nitrogens with zero attached hydrogens (tertiary/aromatic N) is 6. The fourth-order valence-corrected chi connectivity index (χ4v) is 3.55. The van der Waals surface area contributed by atoms with Crippen molar-refractivity contribution in [2.45, 2.75) is 37.9 Å². The van der Waals surface area contributed by atoms with E-state index in [0.29, 0.717) is 0 Å². The van der Waals surface area contributed by atoms with E-state index in [1.54, 1.807) is 0 Å². The van der Waals surface area contributed by atoms with Crippen molar-refractivity contribution in [3.63, 3.8) is 0 Å². The first-order valence-electron chi connectivity index (χ1n) is 10.2. The van der Waals surface area contributed by atoms with E-state index in [2.05, 4.69) is 10.2 Å². The van der Waals surface area contributed by atoms with Crippen molar-refractivity contribution in [1.82, 2.24) is 0 Å². The number of benzene rings is 2. The van der Waals surface area contributed by atoms with Gasteiger partial charge in [0.1, 0.15) is 34.7 Å². The number of hydrogen-bond acceptors (Lipinski definition) is 6. The van der Waals surface area contributed by atoms with E-state index in [4.69, 9.17) is 20.5 Å². The lowest BCUT2D eigenvalue weighted by atomic mass is 9.94. The fourth-order valence-electron chi connectivity index (χ4n) is 3.55. The van der Waals surface area contributed by atoms with Gasteiger partial charge in [0.15, 0.2) is 46.5 Å². The fraction of sp³-hybridized carbons (Fsp3) is 0.300. The summed E-state index contributed by atoms with van der Waals surface area (Å²) in [6.45, 7) is 0. The molecule has 1 aliphatic carbocycles. The molecule has 10 nitrogen and oxygen atoms in total. The first kappa shape index (κ1) is 28.0. The number of hydrogen-bond donors (Lipinski definition) is 0. The first-order chi connectivity index (χ1) is 17.9. The molecule has 0 saturated heterocycles. The number of carbonyl (C=O) groups is 2. The molecule has 1 aliphatic rings. The number of esters is 2. The quantitative estimate of drug-likeness (QED) is 0.0949. The van der Waals surface area contributed by atoms with Crippen LogP contribution in [0.2, 0.25) is 0 Å². The van der Waals surface area contributed by atoms with Gasteiger partial charge in [-0.1, -0.05) is 10.2 Å². The molecule has 0 aromatic heterocycles. The van der Waals surface area contributed by atoms with Crippen molar-refractivity contribution in [3.8, 4) is 0 Å². The highest BCUT2D eigenvalue weighted by molar-refractivity contribution is 5.91. The van der Waals surface area contributed by atoms with Crippen molar-refractivity contribution in [1.29, 1.82) is 0 Å². The Balaban J connectivity index is 1.69. The van der Waals surface area contributed by atoms with Gasteiger partial charge in [0, 0.05) is 9.82 Å². The molecule has 3 rings (SSSR count). The van der Waals surface area contributed by atoms with Crippen LogP contribution in [-0.2, 0) is 9.47 Å². The minimum Gasteiger partial charge on any atom is -0.459 e. The van der Waals surface area contributed by atoms with E-state index < -0.39 is 93.2 Å². The molecule has 2 aromatic rings. The molecule has 200 valence electrons. The Labute approximate surface area is 205 Å². The number of azide groups is 2. The summed E-state index contributed by atoms with van der Waals surface area (Å²) in [6.07, 6.45) is -2.97. The molecule has 38 heavy (non-hydrogen) atoms. The topological polar surface area (TPSA) is 150 Å². The summed E-state index contributed by atoms with van der Waals surface area (Å²) in [5, 5.41) is 4.96. The highest BCUT2D eigenvalue weighted by Crippen LogP contribution is 2.34. The molecule has 1 saturated carbocycles. The monoisotopic (exact) mass is 550 g/mol. The Kier molecular flexibility index (Phi) is 8.28. The largest absolute Gasteiger partial charge is 0.459 e. The van der Waals surface area contributed by atoms with Crippen molar-refractivity contribution < 1.29 is 54.2 Å². The van der Waals surface area contributed by atoms with Crippen LogP contribution in [0.15, 0.2) is 10.2 Å². The van der Waals surface area contributed by atoms with E-state index in [1.807, 2.05) is 9.82 Å². The molecular weight excluding hydrogens is 540 g/mol. The van der Waals surface area contributed by atoms with Crippen LogP contribution >= 0.6 is 0 Å². The van der Waals surface area contributed by atoms with Crippen LogP contribution in [0, 0.1) is 46.5 Å². The lowest BCUT2D eigenvalue weighted by Gasteiger charge is -2.28. The summed E-state index contributed by atoms with van der Waals surface area (Å²) in [6, 6.07) is 0. The molecule has 0 bridgehead atoms. The maximum atomic E-state index is 14.1. The van der Waals surface area contributed by atoms with Gasteiger partial charge in [0.2, 0.25) is 0 Å². The molecule has 0 heterocycles. The third kappa shape index (κ3) is 5.12. The average Bonchev–Trinajstić information content (AvgIpc) is 2.88. The molecule has 0 spiro atoms. The summed E-state index contributed by atoms with van der Waals surface area (Å²) < 4.78 is 122. The van der Waals surface area contributed by atoms with Crippen molar-refractivity contribution >= 4 is 23.3 Å². The maximum Gasteiger partial charge on any atom is 0.344 e. The highest BCUT2D eigenvalue weighted by Gasteiger charge is 2.35. The lowest BCUT2D eigenvalue weighted by molar-refractivity contribution is -0.0119. The summed E-state index contributed by atoms with van der Waals surface area (Å²) in [4.78, 5) is 28.4. The molecule has 0 aliphatic heterocycles. The molecule has 0 unspecified atom stereocenters. The minimum atomic E-state index is -2.17. The molecule has 0 N–H and O–H groups in total. The normalized spacial score (nSPS) is 16.7. The molecular formula is C20H10F8N6O4.